The molecule has 1 saturated heterocycles. The van der Waals surface area contributed by atoms with Gasteiger partial charge in [-0.15, -0.1) is 0 Å². The minimum atomic E-state index is 0.0560. The summed E-state index contributed by atoms with van der Waals surface area (Å²) in [4.78, 5) is 27.4. The van der Waals surface area contributed by atoms with E-state index < -0.39 is 0 Å². The van der Waals surface area contributed by atoms with Crippen LogP contribution in [0.2, 0.25) is 0 Å². The van der Waals surface area contributed by atoms with Crippen LogP contribution in [0.25, 0.3) is 27.6 Å². The van der Waals surface area contributed by atoms with Crippen molar-refractivity contribution < 1.29 is 4.79 Å². The number of aromatic nitrogens is 4. The lowest BCUT2D eigenvalue weighted by molar-refractivity contribution is -0.117. The first-order valence-electron chi connectivity index (χ1n) is 11.7. The zero-order valence-corrected chi connectivity index (χ0v) is 19.6. The maximum absolute atomic E-state index is 12.3. The summed E-state index contributed by atoms with van der Waals surface area (Å²) in [5.41, 5.74) is 6.11. The van der Waals surface area contributed by atoms with Crippen molar-refractivity contribution in [1.29, 1.82) is 5.26 Å². The molecule has 7 heteroatoms. The number of anilines is 1. The van der Waals surface area contributed by atoms with Gasteiger partial charge in [-0.05, 0) is 61.9 Å². The number of hydrogen-bond donors (Lipinski definition) is 0. The number of nitriles is 1. The smallest absolute Gasteiger partial charge is 0.227 e. The number of carbonyl (C=O) groups excluding carboxylic acids is 1. The lowest BCUT2D eigenvalue weighted by atomic mass is 10.1. The summed E-state index contributed by atoms with van der Waals surface area (Å²) >= 11 is 0. The highest BCUT2D eigenvalue weighted by Gasteiger charge is 2.24. The molecule has 1 fully saturated rings. The van der Waals surface area contributed by atoms with Crippen LogP contribution in [-0.2, 0) is 4.79 Å². The van der Waals surface area contributed by atoms with Gasteiger partial charge in [-0.1, -0.05) is 11.8 Å². The van der Waals surface area contributed by atoms with Gasteiger partial charge in [-0.25, -0.2) is 4.98 Å². The minimum absolute atomic E-state index is 0.0560. The number of fused-ring (bicyclic) bond motifs is 3. The number of benzene rings is 2. The van der Waals surface area contributed by atoms with Gasteiger partial charge in [-0.2, -0.15) is 5.26 Å². The Hall–Kier alpha value is -5.01. The van der Waals surface area contributed by atoms with E-state index in [1.807, 2.05) is 60.0 Å². The topological polar surface area (TPSA) is 87.7 Å². The number of aryl methyl sites for hydroxylation is 1. The van der Waals surface area contributed by atoms with Crippen molar-refractivity contribution in [2.75, 3.05) is 11.4 Å². The Labute approximate surface area is 207 Å². The van der Waals surface area contributed by atoms with Gasteiger partial charge < -0.3 is 4.90 Å². The van der Waals surface area contributed by atoms with E-state index in [4.69, 9.17) is 4.98 Å². The number of rotatable bonds is 2. The van der Waals surface area contributed by atoms with E-state index in [2.05, 4.69) is 27.9 Å². The molecule has 1 aliphatic heterocycles. The highest BCUT2D eigenvalue weighted by Crippen LogP contribution is 2.32. The zero-order valence-electron chi connectivity index (χ0n) is 19.6. The van der Waals surface area contributed by atoms with Crippen LogP contribution in [0, 0.1) is 30.1 Å². The van der Waals surface area contributed by atoms with Crippen LogP contribution in [-0.4, -0.2) is 32.0 Å². The SMILES string of the molecule is Cc1nc2cnc3ccc(C#Cc4cccnc4)cc3c2n1-c1ccc(N2CCCC2=O)c(C#N)c1. The van der Waals surface area contributed by atoms with Crippen LogP contribution in [0.3, 0.4) is 0 Å². The Kier molecular flexibility index (Phi) is 5.17. The van der Waals surface area contributed by atoms with E-state index in [0.717, 1.165) is 51.0 Å². The van der Waals surface area contributed by atoms with Gasteiger partial charge in [0.1, 0.15) is 17.4 Å². The molecule has 172 valence electrons. The fraction of sp³-hybridized carbons (Fsp3) is 0.138. The Bertz CT molecular complexity index is 1770. The normalized spacial score (nSPS) is 13.1. The Balaban J connectivity index is 1.51. The highest BCUT2D eigenvalue weighted by molar-refractivity contribution is 6.04. The lowest BCUT2D eigenvalue weighted by Crippen LogP contribution is -2.24. The molecule has 3 aromatic heterocycles. The molecule has 0 radical (unpaired) electrons. The van der Waals surface area contributed by atoms with Crippen molar-refractivity contribution in [2.24, 2.45) is 0 Å². The van der Waals surface area contributed by atoms with Gasteiger partial charge in [0.05, 0.1) is 28.5 Å². The quantitative estimate of drug-likeness (QED) is 0.351. The van der Waals surface area contributed by atoms with Crippen molar-refractivity contribution in [2.45, 2.75) is 19.8 Å². The van der Waals surface area contributed by atoms with Crippen LogP contribution in [0.15, 0.2) is 67.1 Å². The molecule has 4 heterocycles. The number of hydrogen-bond acceptors (Lipinski definition) is 5. The summed E-state index contributed by atoms with van der Waals surface area (Å²) in [7, 11) is 0. The number of carbonyl (C=O) groups is 1. The number of pyridine rings is 2. The van der Waals surface area contributed by atoms with Crippen molar-refractivity contribution in [3.8, 4) is 23.6 Å². The number of amides is 1. The highest BCUT2D eigenvalue weighted by atomic mass is 16.2. The van der Waals surface area contributed by atoms with Gasteiger partial charge in [0, 0.05) is 47.6 Å². The monoisotopic (exact) mass is 468 g/mol. The summed E-state index contributed by atoms with van der Waals surface area (Å²) in [6.45, 7) is 2.57. The van der Waals surface area contributed by atoms with Crippen LogP contribution in [0.1, 0.15) is 35.4 Å². The second-order valence-electron chi connectivity index (χ2n) is 8.67. The summed E-state index contributed by atoms with van der Waals surface area (Å²) in [5.74, 6) is 7.20. The summed E-state index contributed by atoms with van der Waals surface area (Å²) in [6, 6.07) is 17.6. The average molecular weight is 469 g/mol. The predicted octanol–water partition coefficient (Wildman–Crippen LogP) is 4.68. The Morgan fingerprint density at radius 3 is 2.67 bits per heavy atom. The molecule has 1 amide bonds. The van der Waals surface area contributed by atoms with Gasteiger partial charge >= 0.3 is 0 Å². The van der Waals surface area contributed by atoms with Gasteiger partial charge in [0.15, 0.2) is 0 Å². The van der Waals surface area contributed by atoms with Gasteiger partial charge in [-0.3, -0.25) is 19.3 Å². The summed E-state index contributed by atoms with van der Waals surface area (Å²) < 4.78 is 2.04. The minimum Gasteiger partial charge on any atom is -0.311 e. The molecule has 0 unspecified atom stereocenters. The molecule has 5 aromatic rings. The van der Waals surface area contributed by atoms with Crippen molar-refractivity contribution >= 4 is 33.5 Å². The third-order valence-corrected chi connectivity index (χ3v) is 6.39. The lowest BCUT2D eigenvalue weighted by Gasteiger charge is -2.18. The molecule has 0 atom stereocenters. The predicted molar refractivity (Wildman–Crippen MR) is 138 cm³/mol. The Morgan fingerprint density at radius 2 is 1.89 bits per heavy atom. The van der Waals surface area contributed by atoms with Gasteiger partial charge in [0.2, 0.25) is 5.91 Å². The Morgan fingerprint density at radius 1 is 1.00 bits per heavy atom. The molecule has 0 bridgehead atoms. The van der Waals surface area contributed by atoms with Crippen molar-refractivity contribution in [1.82, 2.24) is 19.5 Å². The van der Waals surface area contributed by atoms with Crippen LogP contribution < -0.4 is 4.90 Å². The average Bonchev–Trinajstić information content (AvgIpc) is 3.49. The number of nitrogens with zero attached hydrogens (tertiary/aromatic N) is 6. The first-order valence-corrected chi connectivity index (χ1v) is 11.7. The first-order chi connectivity index (χ1) is 17.6. The van der Waals surface area contributed by atoms with Crippen molar-refractivity contribution in [3.63, 3.8) is 0 Å². The molecular formula is C29H20N6O. The fourth-order valence-corrected chi connectivity index (χ4v) is 4.74. The van der Waals surface area contributed by atoms with Crippen LogP contribution >= 0.6 is 0 Å². The van der Waals surface area contributed by atoms with Gasteiger partial charge in [0.25, 0.3) is 0 Å². The third kappa shape index (κ3) is 3.64. The van der Waals surface area contributed by atoms with E-state index in [-0.39, 0.29) is 5.91 Å². The molecule has 0 spiro atoms. The molecule has 6 rings (SSSR count). The molecule has 0 aliphatic carbocycles. The maximum atomic E-state index is 12.3. The van der Waals surface area contributed by atoms with Crippen LogP contribution in [0.5, 0.6) is 0 Å². The summed E-state index contributed by atoms with van der Waals surface area (Å²) in [5, 5.41) is 10.8. The third-order valence-electron chi connectivity index (χ3n) is 6.39. The molecule has 7 nitrogen and oxygen atoms in total. The molecule has 0 N–H and O–H groups in total. The largest absolute Gasteiger partial charge is 0.311 e. The zero-order chi connectivity index (χ0) is 24.6. The van der Waals surface area contributed by atoms with E-state index in [1.54, 1.807) is 23.5 Å². The van der Waals surface area contributed by atoms with Crippen molar-refractivity contribution in [3.05, 3.63) is 89.6 Å². The maximum Gasteiger partial charge on any atom is 0.227 e. The molecule has 1 aliphatic rings. The second-order valence-corrected chi connectivity index (χ2v) is 8.67. The number of imidazole rings is 1. The molecule has 0 saturated carbocycles. The molecule has 2 aromatic carbocycles. The summed E-state index contributed by atoms with van der Waals surface area (Å²) in [6.07, 6.45) is 6.55. The molecular weight excluding hydrogens is 448 g/mol. The first kappa shape index (κ1) is 21.5. The van der Waals surface area contributed by atoms with E-state index in [0.29, 0.717) is 24.2 Å². The fourth-order valence-electron chi connectivity index (χ4n) is 4.74. The second kappa shape index (κ2) is 8.65. The van der Waals surface area contributed by atoms with E-state index >= 15 is 0 Å². The van der Waals surface area contributed by atoms with Crippen LogP contribution in [0.4, 0.5) is 5.69 Å². The van der Waals surface area contributed by atoms with E-state index in [9.17, 15) is 10.1 Å². The standard InChI is InChI=1S/C29H20N6O/c1-19-33-26-18-32-25-10-8-20(6-7-21-4-2-12-31-17-21)14-24(25)29(26)35(19)23-9-11-27(22(15-23)16-30)34-13-3-5-28(34)36/h2,4,8-12,14-15,17-18H,3,5,13H2,1H3. The molecule has 36 heavy (non-hydrogen) atoms. The van der Waals surface area contributed by atoms with E-state index in [1.165, 1.54) is 0 Å².